The average molecular weight is 469 g/mol. The van der Waals surface area contributed by atoms with Gasteiger partial charge in [-0.1, -0.05) is 13.8 Å². The number of ether oxygens (including phenoxy) is 1. The summed E-state index contributed by atoms with van der Waals surface area (Å²) in [6.45, 7) is 4.99. The van der Waals surface area contributed by atoms with Gasteiger partial charge >= 0.3 is 5.97 Å². The van der Waals surface area contributed by atoms with Gasteiger partial charge in [-0.2, -0.15) is 4.31 Å². The fourth-order valence-electron chi connectivity index (χ4n) is 2.51. The number of aromatic nitrogens is 1. The number of nitrogens with zero attached hydrogens (tertiary/aromatic N) is 2. The van der Waals surface area contributed by atoms with E-state index < -0.39 is 41.0 Å². The molecule has 0 aliphatic carbocycles. The lowest BCUT2D eigenvalue weighted by Gasteiger charge is -2.18. The zero-order chi connectivity index (χ0) is 23.0. The summed E-state index contributed by atoms with van der Waals surface area (Å²) < 4.78 is 31.0. The van der Waals surface area contributed by atoms with Crippen molar-refractivity contribution in [2.75, 3.05) is 31.6 Å². The van der Waals surface area contributed by atoms with Crippen LogP contribution in [-0.2, 0) is 24.3 Å². The molecule has 0 saturated carbocycles. The van der Waals surface area contributed by atoms with Crippen LogP contribution in [0.3, 0.4) is 0 Å². The molecule has 0 aliphatic rings. The van der Waals surface area contributed by atoms with Gasteiger partial charge in [0.05, 0.1) is 10.6 Å². The number of esters is 1. The first-order valence-corrected chi connectivity index (χ1v) is 11.7. The lowest BCUT2D eigenvalue weighted by molar-refractivity contribution is -0.146. The van der Waals surface area contributed by atoms with Gasteiger partial charge in [0.25, 0.3) is 11.8 Å². The summed E-state index contributed by atoms with van der Waals surface area (Å²) in [6, 6.07) is 5.40. The fraction of sp³-hybridized carbons (Fsp3) is 0.368. The number of carbonyl (C=O) groups excluding carboxylic acids is 3. The Morgan fingerprint density at radius 3 is 2.32 bits per heavy atom. The summed E-state index contributed by atoms with van der Waals surface area (Å²) in [4.78, 5) is 39.8. The topological polar surface area (TPSA) is 135 Å². The molecule has 1 aromatic heterocycles. The highest BCUT2D eigenvalue weighted by Gasteiger charge is 2.21. The number of amides is 2. The molecule has 0 radical (unpaired) electrons. The Bertz CT molecular complexity index is 1030. The predicted octanol–water partition coefficient (Wildman–Crippen LogP) is 1.39. The van der Waals surface area contributed by atoms with Gasteiger partial charge in [0.2, 0.25) is 10.0 Å². The van der Waals surface area contributed by atoms with E-state index in [1.54, 1.807) is 26.2 Å². The van der Waals surface area contributed by atoms with Crippen LogP contribution in [0.1, 0.15) is 29.9 Å². The van der Waals surface area contributed by atoms with Crippen LogP contribution < -0.4 is 10.6 Å². The van der Waals surface area contributed by atoms with Crippen LogP contribution in [0, 0.1) is 6.92 Å². The molecular formula is C19H24N4O6S2. The second-order valence-corrected chi connectivity index (χ2v) is 9.10. The fourth-order valence-corrected chi connectivity index (χ4v) is 4.67. The number of rotatable bonds is 10. The number of hydrogen-bond acceptors (Lipinski definition) is 8. The van der Waals surface area contributed by atoms with Crippen LogP contribution >= 0.6 is 11.3 Å². The van der Waals surface area contributed by atoms with Crippen molar-refractivity contribution in [1.82, 2.24) is 14.6 Å². The smallest absolute Gasteiger partial charge is 0.325 e. The molecule has 0 spiro atoms. The van der Waals surface area contributed by atoms with E-state index >= 15 is 0 Å². The van der Waals surface area contributed by atoms with Crippen molar-refractivity contribution in [2.45, 2.75) is 25.7 Å². The van der Waals surface area contributed by atoms with Gasteiger partial charge < -0.3 is 10.1 Å². The number of nitrogens with one attached hydrogen (secondary N) is 2. The number of hydrogen-bond donors (Lipinski definition) is 2. The van der Waals surface area contributed by atoms with Crippen LogP contribution in [-0.4, -0.2) is 61.7 Å². The van der Waals surface area contributed by atoms with E-state index in [-0.39, 0.29) is 10.5 Å². The van der Waals surface area contributed by atoms with Gasteiger partial charge in [0.15, 0.2) is 11.7 Å². The van der Waals surface area contributed by atoms with Crippen molar-refractivity contribution in [1.29, 1.82) is 0 Å². The quantitative estimate of drug-likeness (QED) is 0.503. The Hall–Kier alpha value is -2.83. The van der Waals surface area contributed by atoms with Gasteiger partial charge in [-0.25, -0.2) is 13.4 Å². The molecule has 0 fully saturated rings. The third-order valence-corrected chi connectivity index (χ3v) is 7.02. The standard InChI is InChI=1S/C19H24N4O6S2/c1-4-23(5-2)31(27,28)15-8-6-14(7-9-15)18(26)20-10-17(25)29-11-16(24)22-19-21-13(3)12-30-19/h6-9,12H,4-5,10-11H2,1-3H3,(H,20,26)(H,21,22,24). The molecule has 2 aromatic rings. The van der Waals surface area contributed by atoms with Crippen molar-refractivity contribution in [3.05, 3.63) is 40.9 Å². The first-order valence-electron chi connectivity index (χ1n) is 9.43. The second-order valence-electron chi connectivity index (χ2n) is 6.30. The second kappa shape index (κ2) is 11.0. The summed E-state index contributed by atoms with van der Waals surface area (Å²) in [5.74, 6) is -1.91. The summed E-state index contributed by atoms with van der Waals surface area (Å²) in [6.07, 6.45) is 0. The zero-order valence-electron chi connectivity index (χ0n) is 17.4. The number of aryl methyl sites for hydroxylation is 1. The first kappa shape index (κ1) is 24.4. The molecule has 2 amide bonds. The molecule has 10 nitrogen and oxygen atoms in total. The molecule has 1 heterocycles. The largest absolute Gasteiger partial charge is 0.454 e. The molecule has 0 saturated heterocycles. The minimum atomic E-state index is -3.62. The monoisotopic (exact) mass is 468 g/mol. The molecule has 0 unspecified atom stereocenters. The first-order chi connectivity index (χ1) is 14.7. The van der Waals surface area contributed by atoms with E-state index in [4.69, 9.17) is 4.74 Å². The van der Waals surface area contributed by atoms with E-state index in [1.165, 1.54) is 39.9 Å². The van der Waals surface area contributed by atoms with E-state index in [0.717, 1.165) is 5.69 Å². The molecule has 0 atom stereocenters. The molecule has 0 bridgehead atoms. The van der Waals surface area contributed by atoms with Crippen molar-refractivity contribution < 1.29 is 27.5 Å². The summed E-state index contributed by atoms with van der Waals surface area (Å²) in [7, 11) is -3.62. The normalized spacial score (nSPS) is 11.2. The van der Waals surface area contributed by atoms with Gasteiger partial charge in [0.1, 0.15) is 6.54 Å². The molecule has 168 valence electrons. The molecule has 12 heteroatoms. The van der Waals surface area contributed by atoms with Gasteiger partial charge in [-0.3, -0.25) is 19.7 Å². The third-order valence-electron chi connectivity index (χ3n) is 4.08. The minimum absolute atomic E-state index is 0.0774. The van der Waals surface area contributed by atoms with Crippen LogP contribution in [0.5, 0.6) is 0 Å². The molecular weight excluding hydrogens is 444 g/mol. The number of benzene rings is 1. The SMILES string of the molecule is CCN(CC)S(=O)(=O)c1ccc(C(=O)NCC(=O)OCC(=O)Nc2nc(C)cs2)cc1. The lowest BCUT2D eigenvalue weighted by Crippen LogP contribution is -2.32. The maximum atomic E-state index is 12.5. The predicted molar refractivity (Wildman–Crippen MR) is 115 cm³/mol. The minimum Gasteiger partial charge on any atom is -0.454 e. The van der Waals surface area contributed by atoms with E-state index in [2.05, 4.69) is 15.6 Å². The van der Waals surface area contributed by atoms with Crippen LogP contribution in [0.2, 0.25) is 0 Å². The lowest BCUT2D eigenvalue weighted by atomic mass is 10.2. The number of thiazole rings is 1. The number of sulfonamides is 1. The maximum absolute atomic E-state index is 12.5. The Morgan fingerprint density at radius 2 is 1.77 bits per heavy atom. The van der Waals surface area contributed by atoms with Crippen LogP contribution in [0.4, 0.5) is 5.13 Å². The summed E-state index contributed by atoms with van der Waals surface area (Å²) in [5.41, 5.74) is 0.946. The highest BCUT2D eigenvalue weighted by atomic mass is 32.2. The molecule has 0 aliphatic heterocycles. The Labute approximate surface area is 184 Å². The zero-order valence-corrected chi connectivity index (χ0v) is 19.0. The Morgan fingerprint density at radius 1 is 1.13 bits per heavy atom. The van der Waals surface area contributed by atoms with E-state index in [9.17, 15) is 22.8 Å². The maximum Gasteiger partial charge on any atom is 0.325 e. The molecule has 2 N–H and O–H groups in total. The number of anilines is 1. The van der Waals surface area contributed by atoms with Gasteiger partial charge in [-0.05, 0) is 31.2 Å². The highest BCUT2D eigenvalue weighted by Crippen LogP contribution is 2.16. The van der Waals surface area contributed by atoms with Gasteiger partial charge in [0, 0.05) is 24.0 Å². The molecule has 31 heavy (non-hydrogen) atoms. The van der Waals surface area contributed by atoms with Crippen LogP contribution in [0.25, 0.3) is 0 Å². The van der Waals surface area contributed by atoms with Crippen molar-refractivity contribution in [2.24, 2.45) is 0 Å². The van der Waals surface area contributed by atoms with Crippen molar-refractivity contribution in [3.8, 4) is 0 Å². The van der Waals surface area contributed by atoms with Crippen molar-refractivity contribution >= 4 is 44.3 Å². The average Bonchev–Trinajstić information content (AvgIpc) is 3.15. The third kappa shape index (κ3) is 6.84. The summed E-state index contributed by atoms with van der Waals surface area (Å²) in [5, 5.41) is 7.03. The van der Waals surface area contributed by atoms with E-state index in [1.807, 2.05) is 0 Å². The molecule has 2 rings (SSSR count). The van der Waals surface area contributed by atoms with E-state index in [0.29, 0.717) is 18.2 Å². The van der Waals surface area contributed by atoms with Crippen molar-refractivity contribution in [3.63, 3.8) is 0 Å². The highest BCUT2D eigenvalue weighted by molar-refractivity contribution is 7.89. The summed E-state index contributed by atoms with van der Waals surface area (Å²) >= 11 is 1.25. The number of carbonyl (C=O) groups is 3. The Balaban J connectivity index is 1.82. The Kier molecular flexibility index (Phi) is 8.65. The van der Waals surface area contributed by atoms with Gasteiger partial charge in [-0.15, -0.1) is 11.3 Å². The molecule has 1 aromatic carbocycles. The van der Waals surface area contributed by atoms with Crippen LogP contribution in [0.15, 0.2) is 34.5 Å².